The number of nitrogens with zero attached hydrogens (tertiary/aromatic N) is 3. The maximum absolute atomic E-state index is 13.1. The normalized spacial score (nSPS) is 18.3. The first-order chi connectivity index (χ1) is 14.0. The molecular formula is C22H19N3O4. The highest BCUT2D eigenvalue weighted by atomic mass is 16.6. The third kappa shape index (κ3) is 3.31. The summed E-state index contributed by atoms with van der Waals surface area (Å²) in [5.41, 5.74) is -0.239. The Bertz CT molecular complexity index is 1090. The number of hydrogen-bond donors (Lipinski definition) is 0. The molecule has 0 amide bonds. The Morgan fingerprint density at radius 1 is 1.14 bits per heavy atom. The fraction of sp³-hybridized carbons (Fsp3) is 0.182. The van der Waals surface area contributed by atoms with Crippen molar-refractivity contribution in [1.82, 2.24) is 9.55 Å². The van der Waals surface area contributed by atoms with E-state index in [0.717, 1.165) is 0 Å². The summed E-state index contributed by atoms with van der Waals surface area (Å²) in [5.74, 6) is 0.239. The van der Waals surface area contributed by atoms with E-state index in [-0.39, 0.29) is 23.9 Å². The van der Waals surface area contributed by atoms with Crippen molar-refractivity contribution >= 4 is 17.7 Å². The van der Waals surface area contributed by atoms with Crippen LogP contribution >= 0.6 is 0 Å². The Morgan fingerprint density at radius 2 is 1.86 bits per heavy atom. The number of imidazole rings is 1. The highest BCUT2D eigenvalue weighted by Crippen LogP contribution is 2.38. The lowest BCUT2D eigenvalue weighted by molar-refractivity contribution is -0.139. The molecule has 0 radical (unpaired) electrons. The molecule has 1 aromatic heterocycles. The minimum atomic E-state index is -1.46. The summed E-state index contributed by atoms with van der Waals surface area (Å²) in [7, 11) is 3.31. The number of aliphatic imine (C=N–C) groups is 1. The van der Waals surface area contributed by atoms with Gasteiger partial charge in [0.05, 0.1) is 13.5 Å². The monoisotopic (exact) mass is 389 g/mol. The van der Waals surface area contributed by atoms with Crippen molar-refractivity contribution in [2.45, 2.75) is 12.0 Å². The molecule has 2 aromatic carbocycles. The van der Waals surface area contributed by atoms with Crippen LogP contribution in [0.3, 0.4) is 0 Å². The SMILES string of the molecule is COc1ccc(C2=N[C@](CC(=O)c3nccn3C)(c3ccccc3)C(=O)O2)cc1. The number of ketones is 1. The molecule has 0 fully saturated rings. The van der Waals surface area contributed by atoms with Gasteiger partial charge in [-0.3, -0.25) is 4.79 Å². The number of hydrogen-bond acceptors (Lipinski definition) is 6. The molecule has 1 aliphatic rings. The molecule has 0 N–H and O–H groups in total. The minimum absolute atomic E-state index is 0.175. The van der Waals surface area contributed by atoms with Crippen molar-refractivity contribution in [3.8, 4) is 5.75 Å². The molecular weight excluding hydrogens is 370 g/mol. The van der Waals surface area contributed by atoms with E-state index in [1.54, 1.807) is 79.6 Å². The van der Waals surface area contributed by atoms with Gasteiger partial charge in [0, 0.05) is 25.0 Å². The van der Waals surface area contributed by atoms with Crippen LogP contribution in [0.5, 0.6) is 5.75 Å². The van der Waals surface area contributed by atoms with Gasteiger partial charge in [-0.05, 0) is 29.8 Å². The number of carbonyl (C=O) groups is 2. The average Bonchev–Trinajstić information content (AvgIpc) is 3.32. The zero-order chi connectivity index (χ0) is 20.4. The van der Waals surface area contributed by atoms with Crippen LogP contribution in [0, 0.1) is 0 Å². The highest BCUT2D eigenvalue weighted by Gasteiger charge is 2.49. The van der Waals surface area contributed by atoms with Crippen molar-refractivity contribution in [1.29, 1.82) is 0 Å². The lowest BCUT2D eigenvalue weighted by Crippen LogP contribution is -2.34. The van der Waals surface area contributed by atoms with Gasteiger partial charge in [0.15, 0.2) is 11.4 Å². The quantitative estimate of drug-likeness (QED) is 0.478. The molecule has 1 atom stereocenters. The van der Waals surface area contributed by atoms with E-state index in [4.69, 9.17) is 9.47 Å². The summed E-state index contributed by atoms with van der Waals surface area (Å²) >= 11 is 0. The molecule has 0 saturated heterocycles. The molecule has 7 nitrogen and oxygen atoms in total. The number of rotatable bonds is 6. The summed E-state index contributed by atoms with van der Waals surface area (Å²) in [6.07, 6.45) is 3.04. The first-order valence-electron chi connectivity index (χ1n) is 9.06. The number of benzene rings is 2. The van der Waals surface area contributed by atoms with Crippen LogP contribution in [0.4, 0.5) is 0 Å². The van der Waals surface area contributed by atoms with Gasteiger partial charge < -0.3 is 14.0 Å². The standard InChI is InChI=1S/C22H19N3O4/c1-25-13-12-23-19(25)18(26)14-22(16-6-4-3-5-7-16)21(27)29-20(24-22)15-8-10-17(28-2)11-9-15/h3-13H,14H2,1-2H3/t22-/m1/s1. The summed E-state index contributed by atoms with van der Waals surface area (Å²) in [5, 5.41) is 0. The van der Waals surface area contributed by atoms with E-state index in [2.05, 4.69) is 9.98 Å². The minimum Gasteiger partial charge on any atom is -0.497 e. The molecule has 1 aliphatic heterocycles. The number of aromatic nitrogens is 2. The first-order valence-corrected chi connectivity index (χ1v) is 9.06. The third-order valence-corrected chi connectivity index (χ3v) is 4.89. The van der Waals surface area contributed by atoms with Crippen molar-refractivity contribution in [3.63, 3.8) is 0 Å². The van der Waals surface area contributed by atoms with Crippen LogP contribution in [0.2, 0.25) is 0 Å². The Kier molecular flexibility index (Phi) is 4.72. The number of esters is 1. The van der Waals surface area contributed by atoms with Crippen LogP contribution in [-0.2, 0) is 22.1 Å². The number of methoxy groups -OCH3 is 1. The number of cyclic esters (lactones) is 1. The maximum Gasteiger partial charge on any atom is 0.346 e. The van der Waals surface area contributed by atoms with Crippen molar-refractivity contribution < 1.29 is 19.1 Å². The fourth-order valence-electron chi connectivity index (χ4n) is 3.33. The molecule has 0 unspecified atom stereocenters. The summed E-state index contributed by atoms with van der Waals surface area (Å²) < 4.78 is 12.3. The fourth-order valence-corrected chi connectivity index (χ4v) is 3.33. The predicted molar refractivity (Wildman–Crippen MR) is 106 cm³/mol. The van der Waals surface area contributed by atoms with Crippen molar-refractivity contribution in [2.75, 3.05) is 7.11 Å². The summed E-state index contributed by atoms with van der Waals surface area (Å²) in [6, 6.07) is 16.0. The van der Waals surface area contributed by atoms with Gasteiger partial charge in [-0.1, -0.05) is 30.3 Å². The first kappa shape index (κ1) is 18.6. The Balaban J connectivity index is 1.77. The maximum atomic E-state index is 13.1. The zero-order valence-electron chi connectivity index (χ0n) is 16.0. The van der Waals surface area contributed by atoms with E-state index < -0.39 is 11.5 Å². The molecule has 7 heteroatoms. The van der Waals surface area contributed by atoms with Crippen LogP contribution in [0.15, 0.2) is 72.0 Å². The molecule has 4 rings (SSSR count). The largest absolute Gasteiger partial charge is 0.497 e. The Morgan fingerprint density at radius 3 is 2.48 bits per heavy atom. The number of Topliss-reactive ketones (excluding diaryl/α,β-unsaturated/α-hetero) is 1. The lowest BCUT2D eigenvalue weighted by Gasteiger charge is -2.21. The summed E-state index contributed by atoms with van der Waals surface area (Å²) in [6.45, 7) is 0. The summed E-state index contributed by atoms with van der Waals surface area (Å²) in [4.78, 5) is 34.7. The van der Waals surface area contributed by atoms with Crippen LogP contribution in [0.1, 0.15) is 28.2 Å². The van der Waals surface area contributed by atoms with Gasteiger partial charge in [0.25, 0.3) is 0 Å². The van der Waals surface area contributed by atoms with E-state index in [1.807, 2.05) is 6.07 Å². The molecule has 29 heavy (non-hydrogen) atoms. The molecule has 3 aromatic rings. The average molecular weight is 389 g/mol. The van der Waals surface area contributed by atoms with Crippen molar-refractivity contribution in [2.24, 2.45) is 12.0 Å². The molecule has 0 aliphatic carbocycles. The van der Waals surface area contributed by atoms with E-state index >= 15 is 0 Å². The number of ether oxygens (including phenoxy) is 2. The smallest absolute Gasteiger partial charge is 0.346 e. The Hall–Kier alpha value is -3.74. The van der Waals surface area contributed by atoms with E-state index in [1.165, 1.54) is 0 Å². The van der Waals surface area contributed by atoms with Gasteiger partial charge in [0.2, 0.25) is 11.7 Å². The van der Waals surface area contributed by atoms with Gasteiger partial charge in [-0.15, -0.1) is 0 Å². The predicted octanol–water partition coefficient (Wildman–Crippen LogP) is 2.90. The van der Waals surface area contributed by atoms with Gasteiger partial charge >= 0.3 is 5.97 Å². The number of aryl methyl sites for hydroxylation is 1. The second-order valence-electron chi connectivity index (χ2n) is 6.72. The van der Waals surface area contributed by atoms with Crippen LogP contribution in [0.25, 0.3) is 0 Å². The molecule has 0 saturated carbocycles. The number of carbonyl (C=O) groups excluding carboxylic acids is 2. The van der Waals surface area contributed by atoms with Gasteiger partial charge in [0.1, 0.15) is 5.75 Å². The molecule has 0 spiro atoms. The topological polar surface area (TPSA) is 82.8 Å². The molecule has 0 bridgehead atoms. The van der Waals surface area contributed by atoms with Gasteiger partial charge in [-0.25, -0.2) is 14.8 Å². The van der Waals surface area contributed by atoms with Crippen LogP contribution in [-0.4, -0.2) is 34.3 Å². The van der Waals surface area contributed by atoms with Gasteiger partial charge in [-0.2, -0.15) is 0 Å². The zero-order valence-corrected chi connectivity index (χ0v) is 16.0. The van der Waals surface area contributed by atoms with E-state index in [9.17, 15) is 9.59 Å². The second kappa shape index (κ2) is 7.35. The Labute approximate surface area is 167 Å². The van der Waals surface area contributed by atoms with E-state index in [0.29, 0.717) is 16.9 Å². The van der Waals surface area contributed by atoms with Crippen LogP contribution < -0.4 is 4.74 Å². The lowest BCUT2D eigenvalue weighted by atomic mass is 9.85. The second-order valence-corrected chi connectivity index (χ2v) is 6.72. The molecule has 2 heterocycles. The third-order valence-electron chi connectivity index (χ3n) is 4.89. The van der Waals surface area contributed by atoms with Crippen molar-refractivity contribution in [3.05, 3.63) is 83.9 Å². The molecule has 146 valence electrons. The highest BCUT2D eigenvalue weighted by molar-refractivity contribution is 6.10.